The van der Waals surface area contributed by atoms with E-state index in [0.717, 1.165) is 9.75 Å². The van der Waals surface area contributed by atoms with Crippen LogP contribution in [0.4, 0.5) is 5.13 Å². The van der Waals surface area contributed by atoms with Gasteiger partial charge in [-0.2, -0.15) is 5.26 Å². The Morgan fingerprint density at radius 1 is 1.27 bits per heavy atom. The summed E-state index contributed by atoms with van der Waals surface area (Å²) in [7, 11) is 0. The summed E-state index contributed by atoms with van der Waals surface area (Å²) in [5.41, 5.74) is 1.13. The van der Waals surface area contributed by atoms with Crippen LogP contribution in [-0.2, 0) is 4.79 Å². The maximum Gasteiger partial charge on any atom is 0.268 e. The lowest BCUT2D eigenvalue weighted by atomic mass is 10.1. The van der Waals surface area contributed by atoms with Crippen molar-refractivity contribution in [2.24, 2.45) is 0 Å². The molecule has 8 heteroatoms. The summed E-state index contributed by atoms with van der Waals surface area (Å²) >= 11 is 2.69. The van der Waals surface area contributed by atoms with Crippen molar-refractivity contribution >= 4 is 39.8 Å². The Bertz CT molecular complexity index is 1040. The van der Waals surface area contributed by atoms with Crippen LogP contribution >= 0.6 is 22.7 Å². The number of thiazole rings is 1. The second-order valence-electron chi connectivity index (χ2n) is 5.31. The fourth-order valence-electron chi connectivity index (χ4n) is 2.13. The highest BCUT2D eigenvalue weighted by atomic mass is 32.1. The van der Waals surface area contributed by atoms with E-state index in [1.807, 2.05) is 25.1 Å². The van der Waals surface area contributed by atoms with E-state index in [-0.39, 0.29) is 17.1 Å². The molecule has 26 heavy (non-hydrogen) atoms. The number of amides is 1. The van der Waals surface area contributed by atoms with Crippen LogP contribution in [0, 0.1) is 18.3 Å². The van der Waals surface area contributed by atoms with Gasteiger partial charge in [0.05, 0.1) is 5.69 Å². The van der Waals surface area contributed by atoms with Gasteiger partial charge in [0.2, 0.25) is 0 Å². The van der Waals surface area contributed by atoms with E-state index in [1.165, 1.54) is 34.8 Å². The van der Waals surface area contributed by atoms with Gasteiger partial charge in [0.15, 0.2) is 16.6 Å². The summed E-state index contributed by atoms with van der Waals surface area (Å²) in [5, 5.41) is 32.8. The highest BCUT2D eigenvalue weighted by Crippen LogP contribution is 2.32. The van der Waals surface area contributed by atoms with Crippen LogP contribution in [-0.4, -0.2) is 21.1 Å². The van der Waals surface area contributed by atoms with Gasteiger partial charge >= 0.3 is 0 Å². The standard InChI is InChI=1S/C18H13N3O3S2/c1-10-2-4-13(26-10)6-12(8-19)17(24)21-18-20-14(9-25-18)11-3-5-15(22)16(23)7-11/h2-7,9,22-23H,1H3,(H,20,21,24)/b12-6+. The fourth-order valence-corrected chi connectivity index (χ4v) is 3.67. The average molecular weight is 383 g/mol. The Morgan fingerprint density at radius 3 is 2.73 bits per heavy atom. The number of hydrogen-bond acceptors (Lipinski definition) is 7. The number of aromatic nitrogens is 1. The molecule has 0 aliphatic carbocycles. The van der Waals surface area contributed by atoms with Gasteiger partial charge in [-0.15, -0.1) is 22.7 Å². The first kappa shape index (κ1) is 17.7. The Hall–Kier alpha value is -3.15. The van der Waals surface area contributed by atoms with Gasteiger partial charge in [-0.1, -0.05) is 0 Å². The third-order valence-corrected chi connectivity index (χ3v) is 5.11. The van der Waals surface area contributed by atoms with Crippen LogP contribution in [0.3, 0.4) is 0 Å². The summed E-state index contributed by atoms with van der Waals surface area (Å²) in [6.07, 6.45) is 1.54. The molecule has 2 aromatic heterocycles. The second-order valence-corrected chi connectivity index (χ2v) is 7.49. The Kier molecular flexibility index (Phi) is 5.02. The first-order valence-corrected chi connectivity index (χ1v) is 9.13. The average Bonchev–Trinajstić information content (AvgIpc) is 3.24. The quantitative estimate of drug-likeness (QED) is 0.357. The van der Waals surface area contributed by atoms with Gasteiger partial charge in [-0.3, -0.25) is 10.1 Å². The molecule has 0 bridgehead atoms. The molecule has 0 saturated heterocycles. The third-order valence-electron chi connectivity index (χ3n) is 3.41. The zero-order chi connectivity index (χ0) is 18.7. The van der Waals surface area contributed by atoms with E-state index in [2.05, 4.69) is 10.3 Å². The minimum Gasteiger partial charge on any atom is -0.504 e. The molecule has 2 heterocycles. The van der Waals surface area contributed by atoms with E-state index < -0.39 is 5.91 Å². The number of phenolic OH excluding ortho intramolecular Hbond substituents is 2. The molecule has 3 N–H and O–H groups in total. The third kappa shape index (κ3) is 3.91. The SMILES string of the molecule is Cc1ccc(/C=C(\C#N)C(=O)Nc2nc(-c3ccc(O)c(O)c3)cs2)s1. The van der Waals surface area contributed by atoms with E-state index in [0.29, 0.717) is 16.4 Å². The lowest BCUT2D eigenvalue weighted by Crippen LogP contribution is -2.13. The van der Waals surface area contributed by atoms with E-state index >= 15 is 0 Å². The molecule has 0 radical (unpaired) electrons. The van der Waals surface area contributed by atoms with Crippen molar-refractivity contribution in [1.82, 2.24) is 4.98 Å². The number of carbonyl (C=O) groups excluding carboxylic acids is 1. The number of carbonyl (C=O) groups is 1. The second kappa shape index (κ2) is 7.39. The number of benzene rings is 1. The number of nitriles is 1. The zero-order valence-electron chi connectivity index (χ0n) is 13.6. The van der Waals surface area contributed by atoms with Crippen LogP contribution in [0.5, 0.6) is 11.5 Å². The molecule has 3 rings (SSSR count). The minimum atomic E-state index is -0.534. The van der Waals surface area contributed by atoms with Crippen LogP contribution in [0.2, 0.25) is 0 Å². The van der Waals surface area contributed by atoms with Crippen molar-refractivity contribution in [3.8, 4) is 28.8 Å². The molecular formula is C18H13N3O3S2. The normalized spacial score (nSPS) is 11.2. The van der Waals surface area contributed by atoms with Crippen LogP contribution < -0.4 is 5.32 Å². The largest absolute Gasteiger partial charge is 0.504 e. The van der Waals surface area contributed by atoms with Crippen LogP contribution in [0.25, 0.3) is 17.3 Å². The van der Waals surface area contributed by atoms with Gasteiger partial charge in [0, 0.05) is 20.7 Å². The Morgan fingerprint density at radius 2 is 2.08 bits per heavy atom. The van der Waals surface area contributed by atoms with Gasteiger partial charge in [-0.25, -0.2) is 4.98 Å². The van der Waals surface area contributed by atoms with Gasteiger partial charge in [0.1, 0.15) is 11.6 Å². The molecule has 0 unspecified atom stereocenters. The van der Waals surface area contributed by atoms with E-state index in [1.54, 1.807) is 17.5 Å². The van der Waals surface area contributed by atoms with Crippen molar-refractivity contribution < 1.29 is 15.0 Å². The van der Waals surface area contributed by atoms with E-state index in [9.17, 15) is 20.3 Å². The number of aromatic hydroxyl groups is 2. The first-order valence-electron chi connectivity index (χ1n) is 7.43. The number of rotatable bonds is 4. The molecule has 130 valence electrons. The molecule has 1 aromatic carbocycles. The molecule has 0 aliphatic rings. The van der Waals surface area contributed by atoms with Crippen molar-refractivity contribution in [1.29, 1.82) is 5.26 Å². The van der Waals surface area contributed by atoms with Gasteiger partial charge in [-0.05, 0) is 43.3 Å². The first-order chi connectivity index (χ1) is 12.5. The number of phenols is 2. The van der Waals surface area contributed by atoms with Gasteiger partial charge < -0.3 is 10.2 Å². The lowest BCUT2D eigenvalue weighted by molar-refractivity contribution is -0.112. The smallest absolute Gasteiger partial charge is 0.268 e. The summed E-state index contributed by atoms with van der Waals surface area (Å²) in [5.74, 6) is -1.000. The zero-order valence-corrected chi connectivity index (χ0v) is 15.2. The van der Waals surface area contributed by atoms with Crippen LogP contribution in [0.1, 0.15) is 9.75 Å². The monoisotopic (exact) mass is 383 g/mol. The molecule has 0 saturated carbocycles. The molecule has 3 aromatic rings. The highest BCUT2D eigenvalue weighted by Gasteiger charge is 2.13. The number of nitrogens with one attached hydrogen (secondary N) is 1. The predicted molar refractivity (Wildman–Crippen MR) is 102 cm³/mol. The molecular weight excluding hydrogens is 370 g/mol. The predicted octanol–water partition coefficient (Wildman–Crippen LogP) is 4.14. The maximum atomic E-state index is 12.3. The number of aryl methyl sites for hydroxylation is 1. The number of thiophene rings is 1. The maximum absolute atomic E-state index is 12.3. The molecule has 0 atom stereocenters. The summed E-state index contributed by atoms with van der Waals surface area (Å²) in [4.78, 5) is 18.5. The lowest BCUT2D eigenvalue weighted by Gasteiger charge is -2.01. The summed E-state index contributed by atoms with van der Waals surface area (Å²) < 4.78 is 0. The minimum absolute atomic E-state index is 0.00845. The molecule has 1 amide bonds. The van der Waals surface area contributed by atoms with Crippen molar-refractivity contribution in [2.45, 2.75) is 6.92 Å². The fraction of sp³-hybridized carbons (Fsp3) is 0.0556. The number of nitrogens with zero attached hydrogens (tertiary/aromatic N) is 2. The van der Waals surface area contributed by atoms with Crippen LogP contribution in [0.15, 0.2) is 41.3 Å². The highest BCUT2D eigenvalue weighted by molar-refractivity contribution is 7.14. The van der Waals surface area contributed by atoms with E-state index in [4.69, 9.17) is 0 Å². The van der Waals surface area contributed by atoms with Gasteiger partial charge in [0.25, 0.3) is 5.91 Å². The summed E-state index contributed by atoms with van der Waals surface area (Å²) in [6.45, 7) is 1.95. The molecule has 0 spiro atoms. The van der Waals surface area contributed by atoms with Crippen molar-refractivity contribution in [3.63, 3.8) is 0 Å². The van der Waals surface area contributed by atoms with Crippen molar-refractivity contribution in [2.75, 3.05) is 5.32 Å². The summed E-state index contributed by atoms with van der Waals surface area (Å²) in [6, 6.07) is 10.0. The topological polar surface area (TPSA) is 106 Å². The molecule has 0 fully saturated rings. The Balaban J connectivity index is 1.77. The van der Waals surface area contributed by atoms with Crippen molar-refractivity contribution in [3.05, 3.63) is 51.0 Å². The Labute approximate surface area is 157 Å². The molecule has 6 nitrogen and oxygen atoms in total. The molecule has 0 aliphatic heterocycles. The number of anilines is 1. The number of hydrogen-bond donors (Lipinski definition) is 3.